The molecule has 2 aromatic carbocycles. The van der Waals surface area contributed by atoms with E-state index < -0.39 is 0 Å². The number of carbonyl (C=O) groups excluding carboxylic acids is 2. The molecular formula is C24H25Cl2N5O2. The number of hydrogen-bond acceptors (Lipinski definition) is 4. The molecule has 0 spiro atoms. The fraction of sp³-hybridized carbons (Fsp3) is 0.292. The molecule has 0 radical (unpaired) electrons. The van der Waals surface area contributed by atoms with Crippen LogP contribution in [0, 0.1) is 0 Å². The van der Waals surface area contributed by atoms with Crippen LogP contribution in [0.5, 0.6) is 0 Å². The fourth-order valence-corrected chi connectivity index (χ4v) is 4.13. The number of nitrogens with one attached hydrogen (secondary N) is 2. The number of piperazine rings is 1. The molecule has 1 aliphatic heterocycles. The number of nitrogens with zero attached hydrogens (tertiary/aromatic N) is 3. The third-order valence-electron chi connectivity index (χ3n) is 5.54. The Morgan fingerprint density at radius 1 is 1.09 bits per heavy atom. The molecule has 0 atom stereocenters. The van der Waals surface area contributed by atoms with Gasteiger partial charge in [0.1, 0.15) is 0 Å². The summed E-state index contributed by atoms with van der Waals surface area (Å²) in [7, 11) is 0. The Morgan fingerprint density at radius 3 is 2.52 bits per heavy atom. The number of amides is 2. The number of benzene rings is 2. The lowest BCUT2D eigenvalue weighted by Crippen LogP contribution is -2.46. The summed E-state index contributed by atoms with van der Waals surface area (Å²) in [5.41, 5.74) is 2.96. The van der Waals surface area contributed by atoms with Crippen LogP contribution in [0.4, 0.5) is 5.69 Å². The van der Waals surface area contributed by atoms with Gasteiger partial charge in [-0.05, 0) is 48.9 Å². The highest BCUT2D eigenvalue weighted by atomic mass is 35.5. The normalized spacial score (nSPS) is 13.7. The molecule has 33 heavy (non-hydrogen) atoms. The molecule has 7 nitrogen and oxygen atoms in total. The van der Waals surface area contributed by atoms with E-state index in [9.17, 15) is 9.59 Å². The monoisotopic (exact) mass is 485 g/mol. The summed E-state index contributed by atoms with van der Waals surface area (Å²) in [6.45, 7) is 4.87. The predicted octanol–water partition coefficient (Wildman–Crippen LogP) is 4.43. The molecule has 2 heterocycles. The Balaban J connectivity index is 1.59. The van der Waals surface area contributed by atoms with E-state index in [0.29, 0.717) is 46.4 Å². The SMILES string of the molecule is CCCc1c(C(=O)Nc2cc(C(=O)N3CCNCC3)ccc2Cl)cnn1-c1ccc(Cl)cc1. The predicted molar refractivity (Wildman–Crippen MR) is 131 cm³/mol. The molecule has 0 aliphatic carbocycles. The van der Waals surface area contributed by atoms with E-state index in [2.05, 4.69) is 15.7 Å². The molecule has 2 N–H and O–H groups in total. The lowest BCUT2D eigenvalue weighted by Gasteiger charge is -2.27. The number of hydrogen-bond donors (Lipinski definition) is 2. The van der Waals surface area contributed by atoms with Gasteiger partial charge in [-0.2, -0.15) is 5.10 Å². The number of anilines is 1. The van der Waals surface area contributed by atoms with Crippen LogP contribution < -0.4 is 10.6 Å². The number of aromatic nitrogens is 2. The first-order valence-electron chi connectivity index (χ1n) is 10.9. The van der Waals surface area contributed by atoms with Crippen molar-refractivity contribution in [2.24, 2.45) is 0 Å². The van der Waals surface area contributed by atoms with Gasteiger partial charge >= 0.3 is 0 Å². The highest BCUT2D eigenvalue weighted by Crippen LogP contribution is 2.26. The molecule has 1 aliphatic rings. The molecule has 0 unspecified atom stereocenters. The summed E-state index contributed by atoms with van der Waals surface area (Å²) in [6.07, 6.45) is 3.06. The molecule has 1 aromatic heterocycles. The quantitative estimate of drug-likeness (QED) is 0.541. The van der Waals surface area contributed by atoms with Crippen molar-refractivity contribution < 1.29 is 9.59 Å². The van der Waals surface area contributed by atoms with E-state index in [4.69, 9.17) is 23.2 Å². The van der Waals surface area contributed by atoms with Crippen LogP contribution in [0.3, 0.4) is 0 Å². The highest BCUT2D eigenvalue weighted by Gasteiger charge is 2.21. The molecule has 0 bridgehead atoms. The Hall–Kier alpha value is -2.87. The smallest absolute Gasteiger partial charge is 0.259 e. The molecule has 1 saturated heterocycles. The summed E-state index contributed by atoms with van der Waals surface area (Å²) in [5.74, 6) is -0.404. The van der Waals surface area contributed by atoms with Gasteiger partial charge in [0.05, 0.1) is 33.9 Å². The van der Waals surface area contributed by atoms with E-state index >= 15 is 0 Å². The zero-order valence-electron chi connectivity index (χ0n) is 18.3. The van der Waals surface area contributed by atoms with E-state index in [0.717, 1.165) is 30.9 Å². The minimum Gasteiger partial charge on any atom is -0.336 e. The Kier molecular flexibility index (Phi) is 7.33. The van der Waals surface area contributed by atoms with E-state index in [1.54, 1.807) is 46.1 Å². The van der Waals surface area contributed by atoms with Gasteiger partial charge in [0.2, 0.25) is 0 Å². The van der Waals surface area contributed by atoms with Crippen LogP contribution in [0.15, 0.2) is 48.7 Å². The molecule has 172 valence electrons. The molecular weight excluding hydrogens is 461 g/mol. The average molecular weight is 486 g/mol. The van der Waals surface area contributed by atoms with Gasteiger partial charge in [0.15, 0.2) is 0 Å². The minimum atomic E-state index is -0.327. The van der Waals surface area contributed by atoms with Gasteiger partial charge in [-0.25, -0.2) is 4.68 Å². The van der Waals surface area contributed by atoms with Gasteiger partial charge in [-0.3, -0.25) is 9.59 Å². The first-order chi connectivity index (χ1) is 16.0. The van der Waals surface area contributed by atoms with Crippen molar-refractivity contribution in [1.82, 2.24) is 20.0 Å². The first-order valence-corrected chi connectivity index (χ1v) is 11.7. The third-order valence-corrected chi connectivity index (χ3v) is 6.12. The van der Waals surface area contributed by atoms with Gasteiger partial charge < -0.3 is 15.5 Å². The van der Waals surface area contributed by atoms with Crippen LogP contribution in [0.25, 0.3) is 5.69 Å². The molecule has 0 saturated carbocycles. The highest BCUT2D eigenvalue weighted by molar-refractivity contribution is 6.34. The molecule has 4 rings (SSSR count). The van der Waals surface area contributed by atoms with Crippen LogP contribution in [0.2, 0.25) is 10.0 Å². The van der Waals surface area contributed by atoms with Crippen molar-refractivity contribution in [2.45, 2.75) is 19.8 Å². The number of rotatable bonds is 6. The summed E-state index contributed by atoms with van der Waals surface area (Å²) in [6, 6.07) is 12.2. The minimum absolute atomic E-state index is 0.0779. The van der Waals surface area contributed by atoms with E-state index in [-0.39, 0.29) is 11.8 Å². The zero-order chi connectivity index (χ0) is 23.4. The second kappa shape index (κ2) is 10.4. The number of carbonyl (C=O) groups is 2. The van der Waals surface area contributed by atoms with Gasteiger partial charge in [-0.1, -0.05) is 36.5 Å². The second-order valence-corrected chi connectivity index (χ2v) is 8.68. The van der Waals surface area contributed by atoms with Gasteiger partial charge in [-0.15, -0.1) is 0 Å². The maximum absolute atomic E-state index is 13.2. The Morgan fingerprint density at radius 2 is 1.82 bits per heavy atom. The molecule has 3 aromatic rings. The van der Waals surface area contributed by atoms with Gasteiger partial charge in [0, 0.05) is 36.8 Å². The fourth-order valence-electron chi connectivity index (χ4n) is 3.84. The molecule has 1 fully saturated rings. The van der Waals surface area contributed by atoms with Crippen LogP contribution in [-0.4, -0.2) is 52.7 Å². The van der Waals surface area contributed by atoms with Crippen molar-refractivity contribution in [1.29, 1.82) is 0 Å². The summed E-state index contributed by atoms with van der Waals surface area (Å²) in [4.78, 5) is 27.9. The maximum Gasteiger partial charge on any atom is 0.259 e. The van der Waals surface area contributed by atoms with Crippen molar-refractivity contribution in [3.8, 4) is 5.69 Å². The average Bonchev–Trinajstić information content (AvgIpc) is 3.25. The van der Waals surface area contributed by atoms with Crippen molar-refractivity contribution >= 4 is 40.7 Å². The maximum atomic E-state index is 13.2. The third kappa shape index (κ3) is 5.21. The van der Waals surface area contributed by atoms with Crippen molar-refractivity contribution in [3.05, 3.63) is 75.5 Å². The zero-order valence-corrected chi connectivity index (χ0v) is 19.8. The van der Waals surface area contributed by atoms with Gasteiger partial charge in [0.25, 0.3) is 11.8 Å². The largest absolute Gasteiger partial charge is 0.336 e. The first kappa shape index (κ1) is 23.3. The van der Waals surface area contributed by atoms with Crippen LogP contribution >= 0.6 is 23.2 Å². The van der Waals surface area contributed by atoms with Crippen LogP contribution in [0.1, 0.15) is 39.8 Å². The Labute approximate surface area is 202 Å². The molecule has 2 amide bonds. The standard InChI is InChI=1S/C24H25Cl2N5O2/c1-2-3-22-19(15-28-31(22)18-7-5-17(25)6-8-18)23(32)29-21-14-16(4-9-20(21)26)24(33)30-12-10-27-11-13-30/h4-9,14-15,27H,2-3,10-13H2,1H3,(H,29,32). The van der Waals surface area contributed by atoms with Crippen molar-refractivity contribution in [2.75, 3.05) is 31.5 Å². The second-order valence-electron chi connectivity index (χ2n) is 7.83. The van der Waals surface area contributed by atoms with Crippen molar-refractivity contribution in [3.63, 3.8) is 0 Å². The van der Waals surface area contributed by atoms with Crippen LogP contribution in [-0.2, 0) is 6.42 Å². The summed E-state index contributed by atoms with van der Waals surface area (Å²) >= 11 is 12.4. The lowest BCUT2D eigenvalue weighted by atomic mass is 10.1. The summed E-state index contributed by atoms with van der Waals surface area (Å²) < 4.78 is 1.75. The topological polar surface area (TPSA) is 79.3 Å². The van der Waals surface area contributed by atoms with E-state index in [1.807, 2.05) is 19.1 Å². The Bertz CT molecular complexity index is 1150. The molecule has 9 heteroatoms. The number of halogens is 2. The lowest BCUT2D eigenvalue weighted by molar-refractivity contribution is 0.0735. The van der Waals surface area contributed by atoms with E-state index in [1.165, 1.54) is 0 Å². The summed E-state index contributed by atoms with van der Waals surface area (Å²) in [5, 5.41) is 11.5.